The highest BCUT2D eigenvalue weighted by molar-refractivity contribution is 9.10. The van der Waals surface area contributed by atoms with E-state index in [1.807, 2.05) is 0 Å². The van der Waals surface area contributed by atoms with Crippen molar-refractivity contribution in [1.82, 2.24) is 9.88 Å². The van der Waals surface area contributed by atoms with Gasteiger partial charge in [0.05, 0.1) is 22.4 Å². The molecule has 0 aliphatic heterocycles. The van der Waals surface area contributed by atoms with Gasteiger partial charge in [-0.15, -0.1) is 0 Å². The number of nitrogens with two attached hydrogens (primary N) is 1. The van der Waals surface area contributed by atoms with Crippen molar-refractivity contribution in [1.29, 1.82) is 0 Å². The van der Waals surface area contributed by atoms with Crippen molar-refractivity contribution in [2.75, 3.05) is 5.73 Å². The minimum atomic E-state index is -3.88. The third kappa shape index (κ3) is 3.17. The molecular weight excluding hydrogens is 353 g/mol. The first-order valence-electron chi connectivity index (χ1n) is 5.46. The summed E-state index contributed by atoms with van der Waals surface area (Å²) in [6, 6.07) is 3.66. The van der Waals surface area contributed by atoms with Crippen molar-refractivity contribution in [3.05, 3.63) is 39.9 Å². The molecule has 1 aromatic heterocycles. The number of hydrogen-bond donors (Lipinski definition) is 2. The fraction of sp³-hybridized carbons (Fsp3) is 0.182. The van der Waals surface area contributed by atoms with Crippen LogP contribution in [0.5, 0.6) is 0 Å². The number of nitrogen functional groups attached to an aromatic ring is 1. The lowest BCUT2D eigenvalue weighted by Crippen LogP contribution is -2.24. The third-order valence-corrected chi connectivity index (χ3v) is 4.52. The largest absolute Gasteiger partial charge is 0.398 e. The molecule has 2 aromatic rings. The van der Waals surface area contributed by atoms with Gasteiger partial charge in [0.1, 0.15) is 10.7 Å². The Morgan fingerprint density at radius 2 is 2.15 bits per heavy atom. The molecule has 6 nitrogen and oxygen atoms in total. The Morgan fingerprint density at radius 1 is 1.45 bits per heavy atom. The van der Waals surface area contributed by atoms with Crippen LogP contribution in [0.4, 0.5) is 10.1 Å². The Balaban J connectivity index is 2.24. The number of aromatic nitrogens is 1. The van der Waals surface area contributed by atoms with Crippen LogP contribution < -0.4 is 10.5 Å². The van der Waals surface area contributed by atoms with Crippen molar-refractivity contribution in [3.63, 3.8) is 0 Å². The highest BCUT2D eigenvalue weighted by Gasteiger charge is 2.20. The first-order valence-corrected chi connectivity index (χ1v) is 7.73. The van der Waals surface area contributed by atoms with E-state index in [1.54, 1.807) is 13.0 Å². The Morgan fingerprint density at radius 3 is 2.75 bits per heavy atom. The first kappa shape index (κ1) is 14.9. The molecule has 0 saturated carbocycles. The van der Waals surface area contributed by atoms with E-state index >= 15 is 0 Å². The van der Waals surface area contributed by atoms with Crippen LogP contribution in [-0.4, -0.2) is 13.6 Å². The zero-order valence-corrected chi connectivity index (χ0v) is 12.8. The predicted octanol–water partition coefficient (Wildman–Crippen LogP) is 1.95. The summed E-state index contributed by atoms with van der Waals surface area (Å²) in [5.41, 5.74) is 6.00. The molecule has 0 bridgehead atoms. The summed E-state index contributed by atoms with van der Waals surface area (Å²) in [5.74, 6) is -0.266. The van der Waals surface area contributed by atoms with Crippen LogP contribution in [0.1, 0.15) is 11.5 Å². The normalized spacial score (nSPS) is 11.8. The van der Waals surface area contributed by atoms with Crippen LogP contribution in [-0.2, 0) is 16.6 Å². The first-order chi connectivity index (χ1) is 9.29. The van der Waals surface area contributed by atoms with Gasteiger partial charge < -0.3 is 10.3 Å². The highest BCUT2D eigenvalue weighted by Crippen LogP contribution is 2.26. The topological polar surface area (TPSA) is 98.2 Å². The van der Waals surface area contributed by atoms with E-state index in [4.69, 9.17) is 10.3 Å². The van der Waals surface area contributed by atoms with E-state index in [0.717, 1.165) is 12.1 Å². The second-order valence-electron chi connectivity index (χ2n) is 4.06. The predicted molar refractivity (Wildman–Crippen MR) is 73.8 cm³/mol. The molecule has 0 aliphatic rings. The van der Waals surface area contributed by atoms with Gasteiger partial charge in [0.2, 0.25) is 10.0 Å². The van der Waals surface area contributed by atoms with Crippen molar-refractivity contribution >= 4 is 31.6 Å². The lowest BCUT2D eigenvalue weighted by Gasteiger charge is -2.09. The molecule has 9 heteroatoms. The second kappa shape index (κ2) is 5.51. The van der Waals surface area contributed by atoms with Gasteiger partial charge in [-0.2, -0.15) is 0 Å². The molecule has 0 amide bonds. The molecule has 1 heterocycles. The average Bonchev–Trinajstić information content (AvgIpc) is 2.77. The lowest BCUT2D eigenvalue weighted by atomic mass is 10.3. The molecule has 0 saturated heterocycles. The molecule has 0 radical (unpaired) electrons. The van der Waals surface area contributed by atoms with Gasteiger partial charge >= 0.3 is 0 Å². The summed E-state index contributed by atoms with van der Waals surface area (Å²) in [4.78, 5) is -0.206. The van der Waals surface area contributed by atoms with Gasteiger partial charge in [0.15, 0.2) is 5.76 Å². The fourth-order valence-corrected chi connectivity index (χ4v) is 3.15. The molecule has 0 spiro atoms. The van der Waals surface area contributed by atoms with Gasteiger partial charge in [-0.05, 0) is 35.0 Å². The molecule has 3 N–H and O–H groups in total. The van der Waals surface area contributed by atoms with Gasteiger partial charge in [-0.1, -0.05) is 5.16 Å². The number of sulfonamides is 1. The van der Waals surface area contributed by atoms with E-state index < -0.39 is 15.8 Å². The molecule has 0 atom stereocenters. The van der Waals surface area contributed by atoms with Gasteiger partial charge in [-0.3, -0.25) is 0 Å². The number of anilines is 1. The maximum absolute atomic E-state index is 13.2. The van der Waals surface area contributed by atoms with Gasteiger partial charge in [0.25, 0.3) is 0 Å². The van der Waals surface area contributed by atoms with Crippen molar-refractivity contribution < 1.29 is 17.3 Å². The highest BCUT2D eigenvalue weighted by atomic mass is 79.9. The third-order valence-electron chi connectivity index (χ3n) is 2.46. The number of nitrogens with one attached hydrogen (secondary N) is 1. The zero-order valence-electron chi connectivity index (χ0n) is 10.4. The Kier molecular flexibility index (Phi) is 4.11. The quantitative estimate of drug-likeness (QED) is 0.808. The minimum absolute atomic E-state index is 0.0163. The number of nitrogens with zero attached hydrogens (tertiary/aromatic N) is 1. The number of hydrogen-bond acceptors (Lipinski definition) is 5. The molecule has 0 aliphatic carbocycles. The van der Waals surface area contributed by atoms with E-state index in [0.29, 0.717) is 11.5 Å². The molecule has 0 unspecified atom stereocenters. The summed E-state index contributed by atoms with van der Waals surface area (Å²) < 4.78 is 44.7. The number of halogens is 2. The molecule has 108 valence electrons. The van der Waals surface area contributed by atoms with E-state index in [2.05, 4.69) is 25.8 Å². The number of benzene rings is 1. The van der Waals surface area contributed by atoms with Crippen LogP contribution in [0.15, 0.2) is 32.1 Å². The van der Waals surface area contributed by atoms with Crippen LogP contribution >= 0.6 is 15.9 Å². The molecule has 0 fully saturated rings. The summed E-state index contributed by atoms with van der Waals surface area (Å²) in [6.07, 6.45) is 0. The summed E-state index contributed by atoms with van der Waals surface area (Å²) >= 11 is 2.92. The van der Waals surface area contributed by atoms with Crippen LogP contribution in [0, 0.1) is 12.7 Å². The summed E-state index contributed by atoms with van der Waals surface area (Å²) in [7, 11) is -3.88. The molecule has 2 rings (SSSR count). The van der Waals surface area contributed by atoms with Crippen molar-refractivity contribution in [2.45, 2.75) is 18.4 Å². The lowest BCUT2D eigenvalue weighted by molar-refractivity contribution is 0.377. The standard InChI is InChI=1S/C11H11BrFN3O3S/c1-6-2-7(19-16-6)5-15-20(17,18)11-3-8(12)9(13)4-10(11)14/h2-4,15H,5,14H2,1H3. The Bertz CT molecular complexity index is 745. The zero-order chi connectivity index (χ0) is 14.9. The monoisotopic (exact) mass is 363 g/mol. The fourth-order valence-electron chi connectivity index (χ4n) is 1.52. The minimum Gasteiger partial charge on any atom is -0.398 e. The second-order valence-corrected chi connectivity index (χ2v) is 6.65. The summed E-state index contributed by atoms with van der Waals surface area (Å²) in [5, 5.41) is 3.64. The van der Waals surface area contributed by atoms with Crippen molar-refractivity contribution in [3.8, 4) is 0 Å². The number of rotatable bonds is 4. The average molecular weight is 364 g/mol. The smallest absolute Gasteiger partial charge is 0.243 e. The van der Waals surface area contributed by atoms with Gasteiger partial charge in [-0.25, -0.2) is 17.5 Å². The van der Waals surface area contributed by atoms with Crippen LogP contribution in [0.25, 0.3) is 0 Å². The summed E-state index contributed by atoms with van der Waals surface area (Å²) in [6.45, 7) is 1.65. The van der Waals surface area contributed by atoms with E-state index in [9.17, 15) is 12.8 Å². The SMILES string of the molecule is Cc1cc(CNS(=O)(=O)c2cc(Br)c(F)cc2N)on1. The number of aryl methyl sites for hydroxylation is 1. The van der Waals surface area contributed by atoms with Crippen molar-refractivity contribution in [2.24, 2.45) is 0 Å². The molecule has 20 heavy (non-hydrogen) atoms. The Labute approximate surface area is 123 Å². The molecular formula is C11H11BrFN3O3S. The Hall–Kier alpha value is -1.45. The molecule has 1 aromatic carbocycles. The maximum Gasteiger partial charge on any atom is 0.243 e. The maximum atomic E-state index is 13.2. The van der Waals surface area contributed by atoms with Crippen LogP contribution in [0.2, 0.25) is 0 Å². The van der Waals surface area contributed by atoms with Gasteiger partial charge in [0, 0.05) is 6.07 Å². The van der Waals surface area contributed by atoms with E-state index in [1.165, 1.54) is 0 Å². The van der Waals surface area contributed by atoms with Crippen LogP contribution in [0.3, 0.4) is 0 Å². The van der Waals surface area contributed by atoms with E-state index in [-0.39, 0.29) is 21.6 Å².